The minimum Gasteiger partial charge on any atom is -0.481 e. The van der Waals surface area contributed by atoms with Crippen LogP contribution in [0.1, 0.15) is 24.0 Å². The van der Waals surface area contributed by atoms with Crippen LogP contribution in [0.4, 0.5) is 5.69 Å². The Balaban J connectivity index is 0.00000320. The third-order valence-electron chi connectivity index (χ3n) is 4.87. The van der Waals surface area contributed by atoms with E-state index in [1.54, 1.807) is 12.1 Å². The number of rotatable bonds is 8. The molecule has 158 valence electrons. The minimum atomic E-state index is -0.741. The van der Waals surface area contributed by atoms with Crippen LogP contribution < -0.4 is 0 Å². The summed E-state index contributed by atoms with van der Waals surface area (Å²) in [7, 11) is 0. The minimum absolute atomic E-state index is 0. The predicted octanol–water partition coefficient (Wildman–Crippen LogP) is 4.62. The molecule has 1 saturated heterocycles. The number of hydrogen-bond donors (Lipinski definition) is 1. The van der Waals surface area contributed by atoms with Crippen molar-refractivity contribution in [2.24, 2.45) is 16.2 Å². The van der Waals surface area contributed by atoms with Crippen molar-refractivity contribution in [3.63, 3.8) is 0 Å². The summed E-state index contributed by atoms with van der Waals surface area (Å²) in [6.45, 7) is 2.34. The smallest absolute Gasteiger partial charge is 0.307 e. The van der Waals surface area contributed by atoms with Gasteiger partial charge in [-0.1, -0.05) is 64.9 Å². The van der Waals surface area contributed by atoms with Crippen LogP contribution >= 0.6 is 12.4 Å². The number of hydrogen-bond acceptors (Lipinski definition) is 5. The molecule has 1 fully saturated rings. The highest BCUT2D eigenvalue weighted by Gasteiger charge is 2.25. The van der Waals surface area contributed by atoms with E-state index in [2.05, 4.69) is 20.1 Å². The van der Waals surface area contributed by atoms with E-state index >= 15 is 0 Å². The van der Waals surface area contributed by atoms with Crippen LogP contribution in [0.25, 0.3) is 10.4 Å². The van der Waals surface area contributed by atoms with Gasteiger partial charge in [-0.3, -0.25) is 9.69 Å². The van der Waals surface area contributed by atoms with E-state index in [1.807, 2.05) is 42.5 Å². The fourth-order valence-corrected chi connectivity index (χ4v) is 3.40. The Bertz CT molecular complexity index is 916. The Morgan fingerprint density at radius 2 is 1.93 bits per heavy atom. The second-order valence-corrected chi connectivity index (χ2v) is 6.82. The highest BCUT2D eigenvalue weighted by Crippen LogP contribution is 2.23. The van der Waals surface area contributed by atoms with Gasteiger partial charge in [-0.2, -0.15) is 0 Å². The van der Waals surface area contributed by atoms with Gasteiger partial charge in [0.2, 0.25) is 0 Å². The molecule has 0 aromatic heterocycles. The molecule has 0 saturated carbocycles. The van der Waals surface area contributed by atoms with Gasteiger partial charge in [0.05, 0.1) is 5.92 Å². The van der Waals surface area contributed by atoms with Crippen molar-refractivity contribution in [3.05, 3.63) is 76.2 Å². The number of likely N-dealkylation sites (tertiary alicyclic amines) is 1. The fraction of sp³-hybridized carbons (Fsp3) is 0.333. The Hall–Kier alpha value is -3.06. The Labute approximate surface area is 181 Å². The zero-order chi connectivity index (χ0) is 20.5. The zero-order valence-electron chi connectivity index (χ0n) is 16.4. The molecule has 0 amide bonds. The summed E-state index contributed by atoms with van der Waals surface area (Å²) in [6, 6.07) is 16.8. The number of piperidine rings is 1. The molecule has 0 bridgehead atoms. The lowest BCUT2D eigenvalue weighted by Gasteiger charge is -2.29. The summed E-state index contributed by atoms with van der Waals surface area (Å²) in [5, 5.41) is 17.3. The third-order valence-corrected chi connectivity index (χ3v) is 4.87. The van der Waals surface area contributed by atoms with Gasteiger partial charge >= 0.3 is 5.97 Å². The number of carbonyl (C=O) groups is 1. The van der Waals surface area contributed by atoms with E-state index in [4.69, 9.17) is 10.4 Å². The molecule has 1 aliphatic heterocycles. The summed E-state index contributed by atoms with van der Waals surface area (Å²) in [6.07, 6.45) is 1.59. The largest absolute Gasteiger partial charge is 0.481 e. The first-order chi connectivity index (χ1) is 14.2. The van der Waals surface area contributed by atoms with Crippen LogP contribution in [-0.2, 0) is 9.63 Å². The number of aliphatic carboxylic acids is 1. The molecular weight excluding hydrogens is 406 g/mol. The van der Waals surface area contributed by atoms with Crippen molar-refractivity contribution >= 4 is 29.8 Å². The van der Waals surface area contributed by atoms with E-state index in [-0.39, 0.29) is 18.3 Å². The first kappa shape index (κ1) is 23.2. The van der Waals surface area contributed by atoms with Gasteiger partial charge in [-0.15, -0.1) is 12.4 Å². The monoisotopic (exact) mass is 429 g/mol. The van der Waals surface area contributed by atoms with E-state index in [9.17, 15) is 9.90 Å². The highest BCUT2D eigenvalue weighted by atomic mass is 35.5. The molecule has 1 N–H and O–H groups in total. The quantitative estimate of drug-likeness (QED) is 0.165. The number of benzene rings is 2. The Kier molecular flexibility index (Phi) is 9.15. The summed E-state index contributed by atoms with van der Waals surface area (Å²) >= 11 is 0. The van der Waals surface area contributed by atoms with E-state index in [0.717, 1.165) is 24.9 Å². The van der Waals surface area contributed by atoms with Gasteiger partial charge in [-0.25, -0.2) is 0 Å². The molecule has 1 aliphatic rings. The lowest BCUT2D eigenvalue weighted by atomic mass is 9.98. The zero-order valence-corrected chi connectivity index (χ0v) is 17.2. The molecular formula is C21H24ClN5O3. The maximum Gasteiger partial charge on any atom is 0.307 e. The van der Waals surface area contributed by atoms with Gasteiger partial charge in [-0.05, 0) is 24.9 Å². The summed E-state index contributed by atoms with van der Waals surface area (Å²) in [4.78, 5) is 21.8. The van der Waals surface area contributed by atoms with Crippen LogP contribution in [0.3, 0.4) is 0 Å². The van der Waals surface area contributed by atoms with Crippen LogP contribution in [0.5, 0.6) is 0 Å². The molecule has 0 spiro atoms. The van der Waals surface area contributed by atoms with Crippen LogP contribution in [0, 0.1) is 5.92 Å². The predicted molar refractivity (Wildman–Crippen MR) is 117 cm³/mol. The van der Waals surface area contributed by atoms with Crippen LogP contribution in [-0.4, -0.2) is 47.9 Å². The van der Waals surface area contributed by atoms with Gasteiger partial charge in [0.15, 0.2) is 0 Å². The number of carboxylic acid groups (broad SMARTS) is 1. The van der Waals surface area contributed by atoms with E-state index in [0.29, 0.717) is 36.7 Å². The molecule has 2 aromatic carbocycles. The Morgan fingerprint density at radius 3 is 2.67 bits per heavy atom. The molecule has 1 atom stereocenters. The molecule has 1 heterocycles. The molecule has 30 heavy (non-hydrogen) atoms. The maximum absolute atomic E-state index is 11.2. The first-order valence-corrected chi connectivity index (χ1v) is 9.54. The summed E-state index contributed by atoms with van der Waals surface area (Å²) in [5.41, 5.74) is 11.4. The summed E-state index contributed by atoms with van der Waals surface area (Å²) in [5.74, 6) is -1.06. The Morgan fingerprint density at radius 1 is 1.20 bits per heavy atom. The van der Waals surface area contributed by atoms with Crippen molar-refractivity contribution in [1.82, 2.24) is 4.90 Å². The first-order valence-electron chi connectivity index (χ1n) is 9.54. The number of nitrogens with zero attached hydrogens (tertiary/aromatic N) is 5. The molecule has 3 rings (SSSR count). The van der Waals surface area contributed by atoms with E-state index < -0.39 is 5.97 Å². The second kappa shape index (κ2) is 11.8. The van der Waals surface area contributed by atoms with Crippen LogP contribution in [0.2, 0.25) is 0 Å². The SMILES string of the molecule is Cl.[N-]=[N+]=Nc1ccccc1C(=NOCCN1CCC[C@@H](C(=O)O)C1)c1ccccc1. The number of azide groups is 1. The van der Waals surface area contributed by atoms with Gasteiger partial charge in [0, 0.05) is 34.8 Å². The lowest BCUT2D eigenvalue weighted by molar-refractivity contribution is -0.143. The lowest BCUT2D eigenvalue weighted by Crippen LogP contribution is -2.40. The van der Waals surface area contributed by atoms with Crippen molar-refractivity contribution < 1.29 is 14.7 Å². The van der Waals surface area contributed by atoms with Crippen molar-refractivity contribution in [2.45, 2.75) is 12.8 Å². The van der Waals surface area contributed by atoms with Gasteiger partial charge in [0.1, 0.15) is 12.3 Å². The molecule has 9 heteroatoms. The van der Waals surface area contributed by atoms with Crippen LogP contribution in [0.15, 0.2) is 64.9 Å². The molecule has 2 aromatic rings. The normalized spacial score (nSPS) is 16.8. The third kappa shape index (κ3) is 6.22. The van der Waals surface area contributed by atoms with Gasteiger partial charge < -0.3 is 9.94 Å². The highest BCUT2D eigenvalue weighted by molar-refractivity contribution is 6.15. The standard InChI is InChI=1S/C21H23N5O3.ClH/c22-25-23-19-11-5-4-10-18(19)20(16-7-2-1-3-8-16)24-29-14-13-26-12-6-9-17(15-26)21(27)28;/h1-5,7-8,10-11,17H,6,9,12-15H2,(H,27,28);1H/t17-;/m1./s1. The number of halogens is 1. The van der Waals surface area contributed by atoms with Crippen molar-refractivity contribution in [3.8, 4) is 0 Å². The molecule has 0 unspecified atom stereocenters. The topological polar surface area (TPSA) is 111 Å². The molecule has 0 radical (unpaired) electrons. The second-order valence-electron chi connectivity index (χ2n) is 6.82. The fourth-order valence-electron chi connectivity index (χ4n) is 3.40. The summed E-state index contributed by atoms with van der Waals surface area (Å²) < 4.78 is 0. The van der Waals surface area contributed by atoms with Gasteiger partial charge in [0.25, 0.3) is 0 Å². The molecule has 0 aliphatic carbocycles. The maximum atomic E-state index is 11.2. The van der Waals surface area contributed by atoms with Crippen molar-refractivity contribution in [1.29, 1.82) is 0 Å². The average Bonchev–Trinajstić information content (AvgIpc) is 2.75. The van der Waals surface area contributed by atoms with E-state index in [1.165, 1.54) is 0 Å². The number of carboxylic acids is 1. The van der Waals surface area contributed by atoms with Crippen molar-refractivity contribution in [2.75, 3.05) is 26.2 Å². The number of oxime groups is 1. The average molecular weight is 430 g/mol. The molecule has 8 nitrogen and oxygen atoms in total.